The average Bonchev–Trinajstić information content (AvgIpc) is 3.02. The molecular weight excluding hydrogens is 352 g/mol. The molecule has 0 radical (unpaired) electrons. The molecule has 2 aromatic carbocycles. The van der Waals surface area contributed by atoms with Crippen molar-refractivity contribution >= 4 is 35.0 Å². The molecule has 0 spiro atoms. The summed E-state index contributed by atoms with van der Waals surface area (Å²) >= 11 is 0. The van der Waals surface area contributed by atoms with Crippen LogP contribution < -0.4 is 5.73 Å². The molecule has 138 valence electrons. The number of aromatic hydroxyl groups is 1. The van der Waals surface area contributed by atoms with Crippen molar-refractivity contribution < 1.29 is 9.90 Å². The highest BCUT2D eigenvalue weighted by Gasteiger charge is 2.18. The van der Waals surface area contributed by atoms with Gasteiger partial charge in [0.2, 0.25) is 0 Å². The van der Waals surface area contributed by atoms with E-state index in [9.17, 15) is 9.90 Å². The molecule has 7 heteroatoms. The highest BCUT2D eigenvalue weighted by atomic mass is 35.5. The third kappa shape index (κ3) is 3.91. The number of carbonyl (C=O) groups excluding carboxylic acids is 1. The van der Waals surface area contributed by atoms with E-state index in [1.165, 1.54) is 12.1 Å². The molecule has 0 bridgehead atoms. The number of para-hydroxylation sites is 1. The van der Waals surface area contributed by atoms with E-state index < -0.39 is 0 Å². The van der Waals surface area contributed by atoms with Crippen LogP contribution in [0.25, 0.3) is 11.0 Å². The summed E-state index contributed by atoms with van der Waals surface area (Å²) in [7, 11) is 0. The molecule has 26 heavy (non-hydrogen) atoms. The quantitative estimate of drug-likeness (QED) is 0.471. The molecule has 0 fully saturated rings. The lowest BCUT2D eigenvalue weighted by atomic mass is 10.1. The van der Waals surface area contributed by atoms with E-state index >= 15 is 0 Å². The molecule has 0 saturated heterocycles. The highest BCUT2D eigenvalue weighted by molar-refractivity contribution is 5.99. The number of nitrogen functional groups attached to an aromatic ring is 1. The van der Waals surface area contributed by atoms with Gasteiger partial charge in [-0.15, -0.1) is 12.4 Å². The molecule has 0 aliphatic heterocycles. The van der Waals surface area contributed by atoms with Gasteiger partial charge in [0.1, 0.15) is 11.6 Å². The zero-order chi connectivity index (χ0) is 18.0. The predicted molar refractivity (Wildman–Crippen MR) is 106 cm³/mol. The zero-order valence-corrected chi connectivity index (χ0v) is 15.6. The molecule has 1 aromatic heterocycles. The standard InChI is InChI=1S/C19H22N4O2.ClH/c1-3-23(19(25)14-11-13(24)7-8-15(14)20)10-9-17-21-16-6-4-5-12(2)18(16)22-17;/h4-8,11,24H,3,9-10,20H2,1-2H3,(H,21,22);1H. The van der Waals surface area contributed by atoms with Gasteiger partial charge in [-0.3, -0.25) is 4.79 Å². The summed E-state index contributed by atoms with van der Waals surface area (Å²) < 4.78 is 0. The van der Waals surface area contributed by atoms with Crippen LogP contribution >= 0.6 is 12.4 Å². The van der Waals surface area contributed by atoms with Crippen LogP contribution in [0.15, 0.2) is 36.4 Å². The smallest absolute Gasteiger partial charge is 0.256 e. The number of fused-ring (bicyclic) bond motifs is 1. The Morgan fingerprint density at radius 1 is 1.31 bits per heavy atom. The first-order valence-electron chi connectivity index (χ1n) is 8.31. The topological polar surface area (TPSA) is 95.2 Å². The van der Waals surface area contributed by atoms with E-state index in [0.29, 0.717) is 30.8 Å². The SMILES string of the molecule is CCN(CCc1nc2c(C)cccc2[nH]1)C(=O)c1cc(O)ccc1N.Cl. The number of hydrogen-bond donors (Lipinski definition) is 3. The minimum Gasteiger partial charge on any atom is -0.508 e. The van der Waals surface area contributed by atoms with Crippen molar-refractivity contribution in [1.29, 1.82) is 0 Å². The van der Waals surface area contributed by atoms with Gasteiger partial charge in [0.25, 0.3) is 5.91 Å². The summed E-state index contributed by atoms with van der Waals surface area (Å²) in [6, 6.07) is 10.4. The maximum atomic E-state index is 12.7. The van der Waals surface area contributed by atoms with E-state index in [0.717, 1.165) is 22.4 Å². The van der Waals surface area contributed by atoms with Crippen molar-refractivity contribution in [3.63, 3.8) is 0 Å². The number of carbonyl (C=O) groups is 1. The zero-order valence-electron chi connectivity index (χ0n) is 14.8. The number of amides is 1. The Labute approximate surface area is 158 Å². The van der Waals surface area contributed by atoms with Crippen molar-refractivity contribution in [2.24, 2.45) is 0 Å². The van der Waals surface area contributed by atoms with Gasteiger partial charge in [-0.05, 0) is 43.7 Å². The Balaban J connectivity index is 0.00000243. The Bertz CT molecular complexity index is 923. The molecular formula is C19H23ClN4O2. The molecule has 1 heterocycles. The van der Waals surface area contributed by atoms with Crippen molar-refractivity contribution in [2.75, 3.05) is 18.8 Å². The van der Waals surface area contributed by atoms with Crippen LogP contribution in [0.4, 0.5) is 5.69 Å². The number of halogens is 1. The van der Waals surface area contributed by atoms with Gasteiger partial charge in [-0.2, -0.15) is 0 Å². The summed E-state index contributed by atoms with van der Waals surface area (Å²) in [5, 5.41) is 9.61. The van der Waals surface area contributed by atoms with Crippen molar-refractivity contribution in [3.05, 3.63) is 53.3 Å². The number of imidazole rings is 1. The minimum absolute atomic E-state index is 0. The summed E-state index contributed by atoms with van der Waals surface area (Å²) in [6.07, 6.45) is 0.617. The molecule has 4 N–H and O–H groups in total. The van der Waals surface area contributed by atoms with E-state index in [-0.39, 0.29) is 24.1 Å². The van der Waals surface area contributed by atoms with E-state index in [1.807, 2.05) is 32.0 Å². The summed E-state index contributed by atoms with van der Waals surface area (Å²) in [5.41, 5.74) is 9.65. The second-order valence-corrected chi connectivity index (χ2v) is 6.06. The largest absolute Gasteiger partial charge is 0.508 e. The maximum absolute atomic E-state index is 12.7. The number of nitrogens with one attached hydrogen (secondary N) is 1. The molecule has 0 aliphatic carbocycles. The minimum atomic E-state index is -0.191. The highest BCUT2D eigenvalue weighted by Crippen LogP contribution is 2.21. The fraction of sp³-hybridized carbons (Fsp3) is 0.263. The maximum Gasteiger partial charge on any atom is 0.256 e. The van der Waals surface area contributed by atoms with Crippen LogP contribution in [0.1, 0.15) is 28.7 Å². The van der Waals surface area contributed by atoms with Crippen LogP contribution in [0.2, 0.25) is 0 Å². The molecule has 0 unspecified atom stereocenters. The van der Waals surface area contributed by atoms with E-state index in [1.54, 1.807) is 11.0 Å². The summed E-state index contributed by atoms with van der Waals surface area (Å²) in [5.74, 6) is 0.684. The lowest BCUT2D eigenvalue weighted by molar-refractivity contribution is 0.0766. The number of nitrogens with zero attached hydrogens (tertiary/aromatic N) is 2. The first-order chi connectivity index (χ1) is 12.0. The van der Waals surface area contributed by atoms with Crippen molar-refractivity contribution in [2.45, 2.75) is 20.3 Å². The molecule has 3 aromatic rings. The van der Waals surface area contributed by atoms with Crippen molar-refractivity contribution in [3.8, 4) is 5.75 Å². The monoisotopic (exact) mass is 374 g/mol. The molecule has 0 aliphatic rings. The fourth-order valence-corrected chi connectivity index (χ4v) is 2.89. The number of rotatable bonds is 5. The molecule has 0 saturated carbocycles. The van der Waals surface area contributed by atoms with Crippen LogP contribution in [0, 0.1) is 6.92 Å². The van der Waals surface area contributed by atoms with Gasteiger partial charge in [-0.1, -0.05) is 12.1 Å². The normalized spacial score (nSPS) is 10.5. The Morgan fingerprint density at radius 2 is 2.08 bits per heavy atom. The summed E-state index contributed by atoms with van der Waals surface area (Å²) in [4.78, 5) is 22.3. The second kappa shape index (κ2) is 8.10. The molecule has 1 amide bonds. The Kier molecular flexibility index (Phi) is 6.10. The third-order valence-electron chi connectivity index (χ3n) is 4.32. The number of aromatic nitrogens is 2. The lowest BCUT2D eigenvalue weighted by Crippen LogP contribution is -2.33. The van der Waals surface area contributed by atoms with Gasteiger partial charge in [0.05, 0.1) is 16.6 Å². The second-order valence-electron chi connectivity index (χ2n) is 6.06. The first kappa shape index (κ1) is 19.6. The number of anilines is 1. The number of benzene rings is 2. The van der Waals surface area contributed by atoms with Gasteiger partial charge in [0.15, 0.2) is 0 Å². The fourth-order valence-electron chi connectivity index (χ4n) is 2.89. The Hall–Kier alpha value is -2.73. The van der Waals surface area contributed by atoms with E-state index in [2.05, 4.69) is 9.97 Å². The van der Waals surface area contributed by atoms with Gasteiger partial charge in [-0.25, -0.2) is 4.98 Å². The van der Waals surface area contributed by atoms with Crippen LogP contribution in [0.3, 0.4) is 0 Å². The van der Waals surface area contributed by atoms with Gasteiger partial charge in [0, 0.05) is 25.2 Å². The lowest BCUT2D eigenvalue weighted by Gasteiger charge is -2.21. The van der Waals surface area contributed by atoms with Crippen LogP contribution in [0.5, 0.6) is 5.75 Å². The Morgan fingerprint density at radius 3 is 2.77 bits per heavy atom. The number of H-pyrrole nitrogens is 1. The average molecular weight is 375 g/mol. The number of hydrogen-bond acceptors (Lipinski definition) is 4. The molecule has 0 atom stereocenters. The van der Waals surface area contributed by atoms with Gasteiger partial charge < -0.3 is 20.7 Å². The number of likely N-dealkylation sites (N-methyl/N-ethyl adjacent to an activating group) is 1. The number of phenolic OH excluding ortho intramolecular Hbond substituents is 1. The van der Waals surface area contributed by atoms with Crippen molar-refractivity contribution in [1.82, 2.24) is 14.9 Å². The predicted octanol–water partition coefficient (Wildman–Crippen LogP) is 3.29. The first-order valence-corrected chi connectivity index (χ1v) is 8.31. The van der Waals surface area contributed by atoms with Crippen LogP contribution in [-0.2, 0) is 6.42 Å². The number of aromatic amines is 1. The molecule has 6 nitrogen and oxygen atoms in total. The molecule has 3 rings (SSSR count). The summed E-state index contributed by atoms with van der Waals surface area (Å²) in [6.45, 7) is 5.01. The number of aryl methyl sites for hydroxylation is 1. The van der Waals surface area contributed by atoms with Crippen LogP contribution in [-0.4, -0.2) is 39.0 Å². The number of nitrogens with two attached hydrogens (primary N) is 1. The van der Waals surface area contributed by atoms with E-state index in [4.69, 9.17) is 5.73 Å². The number of phenols is 1. The van der Waals surface area contributed by atoms with Gasteiger partial charge >= 0.3 is 0 Å². The third-order valence-corrected chi connectivity index (χ3v) is 4.32.